The summed E-state index contributed by atoms with van der Waals surface area (Å²) in [5.41, 5.74) is -0.871. The number of nitrogens with one attached hydrogen (secondary N) is 1. The van der Waals surface area contributed by atoms with E-state index in [9.17, 15) is 9.90 Å². The lowest BCUT2D eigenvalue weighted by Crippen LogP contribution is -2.56. The van der Waals surface area contributed by atoms with E-state index in [-0.39, 0.29) is 0 Å². The van der Waals surface area contributed by atoms with Crippen LogP contribution in [0.2, 0.25) is 0 Å². The average molecular weight is 244 g/mol. The molecule has 102 valence electrons. The number of carboxylic acid groups (broad SMARTS) is 1. The number of likely N-dealkylation sites (N-methyl/N-ethyl adjacent to an activating group) is 1. The topological polar surface area (TPSA) is 52.6 Å². The van der Waals surface area contributed by atoms with Crippen LogP contribution in [0.4, 0.5) is 0 Å². The molecule has 0 saturated carbocycles. The second-order valence-electron chi connectivity index (χ2n) is 5.87. The van der Waals surface area contributed by atoms with Crippen LogP contribution in [-0.2, 0) is 4.79 Å². The van der Waals surface area contributed by atoms with E-state index in [2.05, 4.69) is 37.9 Å². The molecule has 4 nitrogen and oxygen atoms in total. The number of nitrogens with zero attached hydrogens (tertiary/aromatic N) is 1. The molecule has 0 fully saturated rings. The van der Waals surface area contributed by atoms with Crippen LogP contribution < -0.4 is 5.32 Å². The van der Waals surface area contributed by atoms with E-state index in [1.54, 1.807) is 14.0 Å². The molecule has 0 aliphatic rings. The third-order valence-corrected chi connectivity index (χ3v) is 2.81. The summed E-state index contributed by atoms with van der Waals surface area (Å²) >= 11 is 0. The zero-order chi connectivity index (χ0) is 13.6. The minimum atomic E-state index is -0.871. The normalized spacial score (nSPS) is 15.6. The van der Waals surface area contributed by atoms with E-state index < -0.39 is 11.5 Å². The van der Waals surface area contributed by atoms with E-state index in [0.717, 1.165) is 13.1 Å². The average Bonchev–Trinajstić information content (AvgIpc) is 2.14. The highest BCUT2D eigenvalue weighted by Gasteiger charge is 2.33. The Morgan fingerprint density at radius 3 is 1.88 bits per heavy atom. The first-order valence-electron chi connectivity index (χ1n) is 6.36. The molecule has 0 bridgehead atoms. The summed E-state index contributed by atoms with van der Waals surface area (Å²) in [4.78, 5) is 13.5. The second-order valence-corrected chi connectivity index (χ2v) is 5.87. The number of carbonyl (C=O) groups is 1. The van der Waals surface area contributed by atoms with Gasteiger partial charge in [-0.25, -0.2) is 0 Å². The molecule has 0 amide bonds. The van der Waals surface area contributed by atoms with Gasteiger partial charge < -0.3 is 15.3 Å². The van der Waals surface area contributed by atoms with Crippen molar-refractivity contribution in [3.63, 3.8) is 0 Å². The van der Waals surface area contributed by atoms with Gasteiger partial charge in [-0.05, 0) is 25.8 Å². The number of hydrogen-bond acceptors (Lipinski definition) is 3. The second kappa shape index (κ2) is 6.97. The Balaban J connectivity index is 4.64. The first kappa shape index (κ1) is 16.4. The summed E-state index contributed by atoms with van der Waals surface area (Å²) in [7, 11) is 1.71. The zero-order valence-corrected chi connectivity index (χ0v) is 12.1. The van der Waals surface area contributed by atoms with Crippen molar-refractivity contribution in [2.24, 2.45) is 11.8 Å². The van der Waals surface area contributed by atoms with Crippen molar-refractivity contribution in [3.05, 3.63) is 0 Å². The molecule has 0 saturated heterocycles. The highest BCUT2D eigenvalue weighted by Crippen LogP contribution is 2.11. The number of carboxylic acids is 1. The van der Waals surface area contributed by atoms with Gasteiger partial charge >= 0.3 is 5.97 Å². The quantitative estimate of drug-likeness (QED) is 0.682. The maximum absolute atomic E-state index is 11.3. The lowest BCUT2D eigenvalue weighted by atomic mass is 10.0. The Labute approximate surface area is 105 Å². The molecule has 17 heavy (non-hydrogen) atoms. The van der Waals surface area contributed by atoms with Crippen molar-refractivity contribution in [1.82, 2.24) is 10.2 Å². The Kier molecular flexibility index (Phi) is 6.72. The maximum atomic E-state index is 11.3. The fraction of sp³-hybridized carbons (Fsp3) is 0.923. The lowest BCUT2D eigenvalue weighted by molar-refractivity contribution is -0.144. The predicted octanol–water partition coefficient (Wildman–Crippen LogP) is 1.66. The van der Waals surface area contributed by atoms with Crippen molar-refractivity contribution < 1.29 is 9.90 Å². The van der Waals surface area contributed by atoms with Crippen molar-refractivity contribution in [2.75, 3.05) is 26.7 Å². The zero-order valence-electron chi connectivity index (χ0n) is 12.1. The van der Waals surface area contributed by atoms with E-state index in [4.69, 9.17) is 0 Å². The standard InChI is InChI=1S/C13H28N2O2/c1-10(2)7-15(8-11(3)4)9-13(5,14-6)12(16)17/h10-11,14H,7-9H2,1-6H3,(H,16,17). The van der Waals surface area contributed by atoms with Crippen LogP contribution in [-0.4, -0.2) is 48.2 Å². The van der Waals surface area contributed by atoms with Crippen molar-refractivity contribution >= 4 is 5.97 Å². The van der Waals surface area contributed by atoms with Gasteiger partial charge in [0, 0.05) is 19.6 Å². The fourth-order valence-electron chi connectivity index (χ4n) is 1.94. The maximum Gasteiger partial charge on any atom is 0.324 e. The number of hydrogen-bond donors (Lipinski definition) is 2. The van der Waals surface area contributed by atoms with Crippen LogP contribution in [0.1, 0.15) is 34.6 Å². The molecule has 0 aliphatic heterocycles. The highest BCUT2D eigenvalue weighted by atomic mass is 16.4. The predicted molar refractivity (Wildman–Crippen MR) is 71.2 cm³/mol. The lowest BCUT2D eigenvalue weighted by Gasteiger charge is -2.34. The summed E-state index contributed by atoms with van der Waals surface area (Å²) in [5.74, 6) is 0.296. The Bertz CT molecular complexity index is 232. The van der Waals surface area contributed by atoms with Crippen molar-refractivity contribution in [2.45, 2.75) is 40.2 Å². The van der Waals surface area contributed by atoms with E-state index >= 15 is 0 Å². The summed E-state index contributed by atoms with van der Waals surface area (Å²) < 4.78 is 0. The molecule has 0 aromatic rings. The van der Waals surface area contributed by atoms with Gasteiger partial charge in [-0.15, -0.1) is 0 Å². The van der Waals surface area contributed by atoms with Gasteiger partial charge in [0.25, 0.3) is 0 Å². The molecule has 1 unspecified atom stereocenters. The molecule has 0 aliphatic carbocycles. The Morgan fingerprint density at radius 2 is 1.65 bits per heavy atom. The minimum absolute atomic E-state index is 0.537. The van der Waals surface area contributed by atoms with E-state index in [1.165, 1.54) is 0 Å². The third kappa shape index (κ3) is 6.03. The molecule has 0 aromatic carbocycles. The van der Waals surface area contributed by atoms with Crippen molar-refractivity contribution in [3.8, 4) is 0 Å². The summed E-state index contributed by atoms with van der Waals surface area (Å²) in [6.07, 6.45) is 0. The third-order valence-electron chi connectivity index (χ3n) is 2.81. The summed E-state index contributed by atoms with van der Waals surface area (Å²) in [5, 5.41) is 12.2. The van der Waals surface area contributed by atoms with Gasteiger partial charge in [0.15, 0.2) is 0 Å². The van der Waals surface area contributed by atoms with Gasteiger partial charge in [0.1, 0.15) is 5.54 Å². The summed E-state index contributed by atoms with van der Waals surface area (Å²) in [6, 6.07) is 0. The molecule has 0 spiro atoms. The minimum Gasteiger partial charge on any atom is -0.480 e. The van der Waals surface area contributed by atoms with Crippen LogP contribution in [0.5, 0.6) is 0 Å². The molecule has 0 aromatic heterocycles. The first-order valence-corrected chi connectivity index (χ1v) is 6.36. The SMILES string of the molecule is CNC(C)(CN(CC(C)C)CC(C)C)C(=O)O. The van der Waals surface area contributed by atoms with Gasteiger partial charge in [-0.2, -0.15) is 0 Å². The summed E-state index contributed by atoms with van der Waals surface area (Å²) in [6.45, 7) is 12.8. The van der Waals surface area contributed by atoms with Crippen LogP contribution in [0.3, 0.4) is 0 Å². The Morgan fingerprint density at radius 1 is 1.24 bits per heavy atom. The molecule has 0 radical (unpaired) electrons. The molecule has 1 atom stereocenters. The molecule has 0 rings (SSSR count). The molecular formula is C13H28N2O2. The Hall–Kier alpha value is -0.610. The van der Waals surface area contributed by atoms with Crippen LogP contribution in [0, 0.1) is 11.8 Å². The number of rotatable bonds is 8. The van der Waals surface area contributed by atoms with Gasteiger partial charge in [-0.3, -0.25) is 4.79 Å². The first-order chi connectivity index (χ1) is 7.71. The van der Waals surface area contributed by atoms with Gasteiger partial charge in [0.2, 0.25) is 0 Å². The van der Waals surface area contributed by atoms with E-state index in [1.807, 2.05) is 0 Å². The molecule has 2 N–H and O–H groups in total. The monoisotopic (exact) mass is 244 g/mol. The largest absolute Gasteiger partial charge is 0.480 e. The molecular weight excluding hydrogens is 216 g/mol. The van der Waals surface area contributed by atoms with Gasteiger partial charge in [0.05, 0.1) is 0 Å². The number of aliphatic carboxylic acids is 1. The van der Waals surface area contributed by atoms with E-state index in [0.29, 0.717) is 18.4 Å². The van der Waals surface area contributed by atoms with Gasteiger partial charge in [-0.1, -0.05) is 27.7 Å². The highest BCUT2D eigenvalue weighted by molar-refractivity contribution is 5.78. The van der Waals surface area contributed by atoms with Crippen molar-refractivity contribution in [1.29, 1.82) is 0 Å². The van der Waals surface area contributed by atoms with Crippen LogP contribution in [0.25, 0.3) is 0 Å². The molecule has 4 heteroatoms. The van der Waals surface area contributed by atoms with Crippen LogP contribution >= 0.6 is 0 Å². The molecule has 0 heterocycles. The van der Waals surface area contributed by atoms with Crippen LogP contribution in [0.15, 0.2) is 0 Å². The fourth-order valence-corrected chi connectivity index (χ4v) is 1.94. The smallest absolute Gasteiger partial charge is 0.324 e.